The molecule has 0 unspecified atom stereocenters. The van der Waals surface area contributed by atoms with E-state index >= 15 is 0 Å². The number of rotatable bonds is 2. The molecule has 16 heavy (non-hydrogen) atoms. The maximum atomic E-state index is 11.7. The van der Waals surface area contributed by atoms with E-state index in [9.17, 15) is 4.79 Å². The van der Waals surface area contributed by atoms with Crippen LogP contribution >= 0.6 is 0 Å². The highest BCUT2D eigenvalue weighted by Crippen LogP contribution is 2.25. The first-order valence-electron chi connectivity index (χ1n) is 5.10. The van der Waals surface area contributed by atoms with Crippen molar-refractivity contribution in [1.82, 2.24) is 9.88 Å². The van der Waals surface area contributed by atoms with Crippen molar-refractivity contribution in [3.8, 4) is 6.07 Å². The zero-order chi connectivity index (χ0) is 11.5. The summed E-state index contributed by atoms with van der Waals surface area (Å²) < 4.78 is 0. The van der Waals surface area contributed by atoms with Crippen LogP contribution in [-0.2, 0) is 0 Å². The van der Waals surface area contributed by atoms with Gasteiger partial charge in [-0.05, 0) is 25.0 Å². The number of hydrogen-bond acceptors (Lipinski definition) is 3. The molecule has 1 aliphatic carbocycles. The van der Waals surface area contributed by atoms with Crippen LogP contribution in [0.5, 0.6) is 0 Å². The average Bonchev–Trinajstić information content (AvgIpc) is 3.13. The molecule has 1 N–H and O–H groups in total. The third-order valence-corrected chi connectivity index (χ3v) is 2.54. The lowest BCUT2D eigenvalue weighted by Gasteiger charge is -2.16. The number of nitrogens with one attached hydrogen (secondary N) is 1. The second kappa shape index (κ2) is 4.19. The molecule has 1 aromatic heterocycles. The van der Waals surface area contributed by atoms with Gasteiger partial charge in [0.1, 0.15) is 11.9 Å². The van der Waals surface area contributed by atoms with Gasteiger partial charge in [-0.25, -0.2) is 9.78 Å². The van der Waals surface area contributed by atoms with Crippen molar-refractivity contribution < 1.29 is 4.79 Å². The van der Waals surface area contributed by atoms with E-state index in [-0.39, 0.29) is 6.03 Å². The molecule has 0 bridgehead atoms. The Balaban J connectivity index is 1.97. The fraction of sp³-hybridized carbons (Fsp3) is 0.364. The van der Waals surface area contributed by atoms with Gasteiger partial charge in [0.15, 0.2) is 0 Å². The van der Waals surface area contributed by atoms with E-state index in [0.29, 0.717) is 17.4 Å². The minimum Gasteiger partial charge on any atom is -0.325 e. The van der Waals surface area contributed by atoms with Gasteiger partial charge in [0.05, 0.1) is 5.56 Å². The van der Waals surface area contributed by atoms with Crippen molar-refractivity contribution in [2.24, 2.45) is 0 Å². The van der Waals surface area contributed by atoms with Gasteiger partial charge in [-0.2, -0.15) is 5.26 Å². The molecule has 1 aromatic rings. The second-order valence-corrected chi connectivity index (χ2v) is 3.82. The lowest BCUT2D eigenvalue weighted by atomic mass is 10.3. The van der Waals surface area contributed by atoms with Crippen LogP contribution < -0.4 is 5.32 Å². The van der Waals surface area contributed by atoms with Crippen molar-refractivity contribution >= 4 is 11.8 Å². The normalized spacial score (nSPS) is 14.0. The first-order valence-corrected chi connectivity index (χ1v) is 5.10. The van der Waals surface area contributed by atoms with Gasteiger partial charge < -0.3 is 4.90 Å². The number of pyridine rings is 1. The van der Waals surface area contributed by atoms with Crippen LogP contribution in [0.15, 0.2) is 18.3 Å². The van der Waals surface area contributed by atoms with Crippen molar-refractivity contribution in [1.29, 1.82) is 5.26 Å². The molecule has 2 rings (SSSR count). The lowest BCUT2D eigenvalue weighted by Crippen LogP contribution is -2.33. The van der Waals surface area contributed by atoms with E-state index < -0.39 is 0 Å². The number of nitriles is 1. The Morgan fingerprint density at radius 3 is 2.88 bits per heavy atom. The molecule has 0 atom stereocenters. The van der Waals surface area contributed by atoms with E-state index in [2.05, 4.69) is 10.3 Å². The number of carbonyl (C=O) groups is 1. The Bertz CT molecular complexity index is 430. The quantitative estimate of drug-likeness (QED) is 0.815. The van der Waals surface area contributed by atoms with E-state index in [1.807, 2.05) is 6.07 Å². The summed E-state index contributed by atoms with van der Waals surface area (Å²) in [7, 11) is 1.77. The molecule has 5 heteroatoms. The van der Waals surface area contributed by atoms with E-state index in [0.717, 1.165) is 12.8 Å². The first kappa shape index (κ1) is 10.4. The summed E-state index contributed by atoms with van der Waals surface area (Å²) in [6, 6.07) is 5.44. The summed E-state index contributed by atoms with van der Waals surface area (Å²) in [6.07, 6.45) is 3.59. The van der Waals surface area contributed by atoms with Crippen molar-refractivity contribution in [3.05, 3.63) is 23.9 Å². The van der Waals surface area contributed by atoms with Crippen LogP contribution in [0.2, 0.25) is 0 Å². The standard InChI is InChI=1S/C11H12N4O/c1-15(9-3-4-9)11(16)14-10-5-2-8(6-12)7-13-10/h2,5,7,9H,3-4H2,1H3,(H,13,14,16). The third-order valence-electron chi connectivity index (χ3n) is 2.54. The number of anilines is 1. The highest BCUT2D eigenvalue weighted by Gasteiger charge is 2.29. The van der Waals surface area contributed by atoms with Gasteiger partial charge in [-0.1, -0.05) is 0 Å². The molecule has 0 aliphatic heterocycles. The number of amides is 2. The summed E-state index contributed by atoms with van der Waals surface area (Å²) in [6.45, 7) is 0. The molecule has 0 spiro atoms. The predicted molar refractivity (Wildman–Crippen MR) is 58.8 cm³/mol. The van der Waals surface area contributed by atoms with Crippen molar-refractivity contribution in [2.75, 3.05) is 12.4 Å². The molecule has 1 aliphatic rings. The molecule has 5 nitrogen and oxygen atoms in total. The third kappa shape index (κ3) is 2.28. The van der Waals surface area contributed by atoms with Crippen LogP contribution in [0.25, 0.3) is 0 Å². The molecular weight excluding hydrogens is 204 g/mol. The fourth-order valence-electron chi connectivity index (χ4n) is 1.36. The van der Waals surface area contributed by atoms with Gasteiger partial charge in [0, 0.05) is 19.3 Å². The lowest BCUT2D eigenvalue weighted by molar-refractivity contribution is 0.220. The van der Waals surface area contributed by atoms with Crippen molar-refractivity contribution in [2.45, 2.75) is 18.9 Å². The Morgan fingerprint density at radius 2 is 2.38 bits per heavy atom. The fourth-order valence-corrected chi connectivity index (χ4v) is 1.36. The summed E-state index contributed by atoms with van der Waals surface area (Å²) in [5, 5.41) is 11.3. The Kier molecular flexibility index (Phi) is 2.73. The summed E-state index contributed by atoms with van der Waals surface area (Å²) >= 11 is 0. The summed E-state index contributed by atoms with van der Waals surface area (Å²) in [5.41, 5.74) is 0.480. The molecule has 82 valence electrons. The SMILES string of the molecule is CN(C(=O)Nc1ccc(C#N)cn1)C1CC1. The molecule has 0 aromatic carbocycles. The van der Waals surface area contributed by atoms with E-state index in [1.54, 1.807) is 24.1 Å². The van der Waals surface area contributed by atoms with Gasteiger partial charge in [0.2, 0.25) is 0 Å². The monoisotopic (exact) mass is 216 g/mol. The minimum atomic E-state index is -0.153. The van der Waals surface area contributed by atoms with Crippen LogP contribution in [0, 0.1) is 11.3 Å². The number of urea groups is 1. The average molecular weight is 216 g/mol. The predicted octanol–water partition coefficient (Wildman–Crippen LogP) is 1.58. The molecule has 1 heterocycles. The van der Waals surface area contributed by atoms with Crippen LogP contribution in [0.1, 0.15) is 18.4 Å². The number of nitrogens with zero attached hydrogens (tertiary/aromatic N) is 3. The molecule has 0 saturated heterocycles. The topological polar surface area (TPSA) is 69.0 Å². The van der Waals surface area contributed by atoms with Crippen LogP contribution in [0.4, 0.5) is 10.6 Å². The summed E-state index contributed by atoms with van der Waals surface area (Å²) in [4.78, 5) is 17.3. The van der Waals surface area contributed by atoms with Gasteiger partial charge in [-0.3, -0.25) is 5.32 Å². The zero-order valence-corrected chi connectivity index (χ0v) is 8.97. The molecule has 0 radical (unpaired) electrons. The Morgan fingerprint density at radius 1 is 1.62 bits per heavy atom. The van der Waals surface area contributed by atoms with Gasteiger partial charge in [-0.15, -0.1) is 0 Å². The van der Waals surface area contributed by atoms with Crippen LogP contribution in [-0.4, -0.2) is 29.0 Å². The Hall–Kier alpha value is -2.09. The maximum absolute atomic E-state index is 11.7. The second-order valence-electron chi connectivity index (χ2n) is 3.82. The smallest absolute Gasteiger partial charge is 0.322 e. The summed E-state index contributed by atoms with van der Waals surface area (Å²) in [5.74, 6) is 0.469. The zero-order valence-electron chi connectivity index (χ0n) is 8.97. The van der Waals surface area contributed by atoms with Crippen LogP contribution in [0.3, 0.4) is 0 Å². The van der Waals surface area contributed by atoms with Crippen molar-refractivity contribution in [3.63, 3.8) is 0 Å². The van der Waals surface area contributed by atoms with Gasteiger partial charge >= 0.3 is 6.03 Å². The maximum Gasteiger partial charge on any atom is 0.322 e. The number of aromatic nitrogens is 1. The molecule has 1 saturated carbocycles. The first-order chi connectivity index (χ1) is 7.70. The van der Waals surface area contributed by atoms with Gasteiger partial charge in [0.25, 0.3) is 0 Å². The molecule has 1 fully saturated rings. The minimum absolute atomic E-state index is 0.153. The molecular formula is C11H12N4O. The van der Waals surface area contributed by atoms with E-state index in [4.69, 9.17) is 5.26 Å². The molecule has 2 amide bonds. The number of hydrogen-bond donors (Lipinski definition) is 1. The van der Waals surface area contributed by atoms with E-state index in [1.165, 1.54) is 6.20 Å². The highest BCUT2D eigenvalue weighted by molar-refractivity contribution is 5.88. The number of carbonyl (C=O) groups excluding carboxylic acids is 1. The largest absolute Gasteiger partial charge is 0.325 e. The Labute approximate surface area is 93.7 Å². The highest BCUT2D eigenvalue weighted by atomic mass is 16.2.